The van der Waals surface area contributed by atoms with E-state index in [0.29, 0.717) is 0 Å². The minimum Gasteiger partial charge on any atom is -0.496 e. The molecule has 0 radical (unpaired) electrons. The van der Waals surface area contributed by atoms with Crippen LogP contribution in [0.1, 0.15) is 26.3 Å². The van der Waals surface area contributed by atoms with Gasteiger partial charge in [0.05, 0.1) is 11.9 Å². The molecule has 6 heteroatoms. The molecule has 0 heterocycles. The van der Waals surface area contributed by atoms with Crippen molar-refractivity contribution < 1.29 is 17.7 Å². The van der Waals surface area contributed by atoms with Crippen LogP contribution in [0.2, 0.25) is 0 Å². The van der Waals surface area contributed by atoms with Crippen molar-refractivity contribution in [2.45, 2.75) is 25.5 Å². The third kappa shape index (κ3) is 3.60. The zero-order valence-electron chi connectivity index (χ0n) is 10.7. The fourth-order valence-electron chi connectivity index (χ4n) is 1.08. The van der Waals surface area contributed by atoms with Gasteiger partial charge in [-0.2, -0.15) is 4.40 Å². The van der Waals surface area contributed by atoms with Crippen molar-refractivity contribution in [1.82, 2.24) is 0 Å². The lowest BCUT2D eigenvalue weighted by molar-refractivity contribution is 0.405. The first-order valence-electron chi connectivity index (χ1n) is 5.25. The number of hydrogen-bond donors (Lipinski definition) is 0. The summed E-state index contributed by atoms with van der Waals surface area (Å²) in [6.45, 7) is 5.30. The average molecular weight is 275 g/mol. The Kier molecular flexibility index (Phi) is 4.56. The molecule has 0 fully saturated rings. The fourth-order valence-corrected chi connectivity index (χ4v) is 1.61. The zero-order chi connectivity index (χ0) is 13.9. The van der Waals surface area contributed by atoms with Gasteiger partial charge < -0.3 is 4.74 Å². The summed E-state index contributed by atoms with van der Waals surface area (Å²) >= 11 is 0. The Bertz CT molecular complexity index is 496. The number of hydrogen-bond acceptors (Lipinski definition) is 2. The van der Waals surface area contributed by atoms with Crippen LogP contribution in [0.5, 0.6) is 5.75 Å². The maximum Gasteiger partial charge on any atom is 0.162 e. The van der Waals surface area contributed by atoms with Crippen LogP contribution in [0.4, 0.5) is 8.78 Å². The first kappa shape index (κ1) is 14.8. The standard InChI is InChI=1S/C12H15F2NO2S/c1-12(2,3)18(16)15-7-8-5-9(13)10(14)6-11(8)17-4/h5-7H,1-4H3/b15-7+/t18-/m0/s1. The van der Waals surface area contributed by atoms with Crippen molar-refractivity contribution >= 4 is 17.2 Å². The zero-order valence-corrected chi connectivity index (χ0v) is 11.5. The van der Waals surface area contributed by atoms with Crippen LogP contribution in [0.15, 0.2) is 16.5 Å². The number of nitrogens with zero attached hydrogens (tertiary/aromatic N) is 1. The summed E-state index contributed by atoms with van der Waals surface area (Å²) in [5, 5.41) is 0. The monoisotopic (exact) mass is 275 g/mol. The lowest BCUT2D eigenvalue weighted by atomic mass is 10.2. The van der Waals surface area contributed by atoms with Gasteiger partial charge in [0.15, 0.2) is 11.6 Å². The number of halogens is 2. The number of benzene rings is 1. The average Bonchev–Trinajstić information content (AvgIpc) is 2.28. The van der Waals surface area contributed by atoms with Gasteiger partial charge in [0.1, 0.15) is 16.7 Å². The predicted molar refractivity (Wildman–Crippen MR) is 68.4 cm³/mol. The molecular weight excluding hydrogens is 260 g/mol. The normalized spacial score (nSPS) is 13.9. The molecule has 0 aliphatic rings. The molecule has 18 heavy (non-hydrogen) atoms. The third-order valence-corrected chi connectivity index (χ3v) is 3.43. The Labute approximate surface area is 107 Å². The largest absolute Gasteiger partial charge is 0.496 e. The molecule has 0 saturated carbocycles. The molecule has 3 nitrogen and oxygen atoms in total. The summed E-state index contributed by atoms with van der Waals surface area (Å²) < 4.78 is 46.0. The molecule has 1 aromatic carbocycles. The van der Waals surface area contributed by atoms with E-state index in [0.717, 1.165) is 12.1 Å². The van der Waals surface area contributed by atoms with E-state index >= 15 is 0 Å². The molecule has 0 N–H and O–H groups in total. The van der Waals surface area contributed by atoms with Crippen molar-refractivity contribution in [2.75, 3.05) is 7.11 Å². The highest BCUT2D eigenvalue weighted by Crippen LogP contribution is 2.21. The van der Waals surface area contributed by atoms with Crippen molar-refractivity contribution in [3.63, 3.8) is 0 Å². The van der Waals surface area contributed by atoms with Gasteiger partial charge in [-0.15, -0.1) is 0 Å². The summed E-state index contributed by atoms with van der Waals surface area (Å²) in [5.74, 6) is -1.86. The van der Waals surface area contributed by atoms with E-state index in [2.05, 4.69) is 4.40 Å². The summed E-state index contributed by atoms with van der Waals surface area (Å²) in [6, 6.07) is 1.88. The second kappa shape index (κ2) is 5.56. The van der Waals surface area contributed by atoms with E-state index in [1.165, 1.54) is 13.3 Å². The number of ether oxygens (including phenoxy) is 1. The van der Waals surface area contributed by atoms with Crippen molar-refractivity contribution in [1.29, 1.82) is 0 Å². The molecule has 0 aliphatic carbocycles. The molecule has 0 aliphatic heterocycles. The Hall–Kier alpha value is -1.30. The first-order valence-corrected chi connectivity index (χ1v) is 6.35. The second-order valence-corrected chi connectivity index (χ2v) is 6.54. The van der Waals surface area contributed by atoms with Crippen molar-refractivity contribution in [3.8, 4) is 5.75 Å². The van der Waals surface area contributed by atoms with E-state index in [1.54, 1.807) is 20.8 Å². The van der Waals surface area contributed by atoms with E-state index in [-0.39, 0.29) is 11.3 Å². The van der Waals surface area contributed by atoms with Gasteiger partial charge in [-0.05, 0) is 26.8 Å². The van der Waals surface area contributed by atoms with E-state index in [9.17, 15) is 13.0 Å². The summed E-state index contributed by atoms with van der Waals surface area (Å²) in [6.07, 6.45) is 1.22. The minimum absolute atomic E-state index is 0.142. The van der Waals surface area contributed by atoms with Gasteiger partial charge >= 0.3 is 0 Å². The van der Waals surface area contributed by atoms with Crippen LogP contribution in [-0.4, -0.2) is 22.3 Å². The summed E-state index contributed by atoms with van der Waals surface area (Å²) in [4.78, 5) is 0. The van der Waals surface area contributed by atoms with Gasteiger partial charge in [-0.25, -0.2) is 13.0 Å². The first-order chi connectivity index (χ1) is 8.25. The van der Waals surface area contributed by atoms with Gasteiger partial charge in [0.2, 0.25) is 0 Å². The molecule has 0 bridgehead atoms. The predicted octanol–water partition coefficient (Wildman–Crippen LogP) is 2.85. The topological polar surface area (TPSA) is 38.7 Å². The molecular formula is C12H15F2NO2S. The van der Waals surface area contributed by atoms with Crippen LogP contribution in [-0.2, 0) is 11.0 Å². The quantitative estimate of drug-likeness (QED) is 0.796. The summed E-state index contributed by atoms with van der Waals surface area (Å²) in [5.41, 5.74) is 0.244. The Morgan fingerprint density at radius 1 is 1.28 bits per heavy atom. The molecule has 0 unspecified atom stereocenters. The van der Waals surface area contributed by atoms with Gasteiger partial charge in [-0.1, -0.05) is 0 Å². The van der Waals surface area contributed by atoms with E-state index in [4.69, 9.17) is 4.74 Å². The minimum atomic E-state index is -1.46. The van der Waals surface area contributed by atoms with E-state index < -0.39 is 27.4 Å². The second-order valence-electron chi connectivity index (χ2n) is 4.60. The fraction of sp³-hybridized carbons (Fsp3) is 0.417. The highest BCUT2D eigenvalue weighted by atomic mass is 32.2. The Morgan fingerprint density at radius 3 is 2.33 bits per heavy atom. The maximum absolute atomic E-state index is 13.1. The highest BCUT2D eigenvalue weighted by Gasteiger charge is 2.18. The molecule has 1 atom stereocenters. The number of rotatable bonds is 3. The smallest absolute Gasteiger partial charge is 0.162 e. The lowest BCUT2D eigenvalue weighted by Crippen LogP contribution is -2.19. The molecule has 0 amide bonds. The van der Waals surface area contributed by atoms with Gasteiger partial charge in [0.25, 0.3) is 0 Å². The number of methoxy groups -OCH3 is 1. The summed E-state index contributed by atoms with van der Waals surface area (Å²) in [7, 11) is -0.124. The molecule has 0 spiro atoms. The molecule has 0 saturated heterocycles. The van der Waals surface area contributed by atoms with E-state index in [1.807, 2.05) is 0 Å². The van der Waals surface area contributed by atoms with Crippen LogP contribution in [0.25, 0.3) is 0 Å². The van der Waals surface area contributed by atoms with Crippen LogP contribution in [0.3, 0.4) is 0 Å². The molecule has 0 aromatic heterocycles. The molecule has 100 valence electrons. The molecule has 1 aromatic rings. The van der Waals surface area contributed by atoms with Gasteiger partial charge in [-0.3, -0.25) is 0 Å². The van der Waals surface area contributed by atoms with Crippen molar-refractivity contribution in [3.05, 3.63) is 29.3 Å². The van der Waals surface area contributed by atoms with Crippen molar-refractivity contribution in [2.24, 2.45) is 4.40 Å². The van der Waals surface area contributed by atoms with Crippen LogP contribution < -0.4 is 4.74 Å². The Morgan fingerprint density at radius 2 is 1.83 bits per heavy atom. The Balaban J connectivity index is 3.08. The third-order valence-electron chi connectivity index (χ3n) is 2.08. The SMILES string of the molecule is COc1cc(F)c(F)cc1/C=N/[S@@](=O)C(C)(C)C. The van der Waals surface area contributed by atoms with Gasteiger partial charge in [0, 0.05) is 17.8 Å². The highest BCUT2D eigenvalue weighted by molar-refractivity contribution is 7.85. The lowest BCUT2D eigenvalue weighted by Gasteiger charge is -2.13. The van der Waals surface area contributed by atoms with Crippen LogP contribution >= 0.6 is 0 Å². The van der Waals surface area contributed by atoms with Crippen LogP contribution in [0, 0.1) is 11.6 Å². The maximum atomic E-state index is 13.1. The molecule has 1 rings (SSSR count).